The van der Waals surface area contributed by atoms with E-state index in [-0.39, 0.29) is 0 Å². The Bertz CT molecular complexity index is 738. The summed E-state index contributed by atoms with van der Waals surface area (Å²) in [4.78, 5) is 3.09. The van der Waals surface area contributed by atoms with Crippen LogP contribution in [0.2, 0.25) is 0 Å². The lowest BCUT2D eigenvalue weighted by Crippen LogP contribution is -2.47. The molecule has 0 aliphatic carbocycles. The Morgan fingerprint density at radius 3 is 2.71 bits per heavy atom. The minimum absolute atomic E-state index is 0.346. The van der Waals surface area contributed by atoms with Gasteiger partial charge in [-0.15, -0.1) is 4.83 Å². The molecule has 0 bridgehead atoms. The summed E-state index contributed by atoms with van der Waals surface area (Å²) in [5, 5.41) is 3.52. The summed E-state index contributed by atoms with van der Waals surface area (Å²) >= 11 is 0. The second-order valence-electron chi connectivity index (χ2n) is 5.77. The van der Waals surface area contributed by atoms with Crippen molar-refractivity contribution in [3.05, 3.63) is 42.5 Å². The molecule has 0 aromatic heterocycles. The molecule has 21 heavy (non-hydrogen) atoms. The highest BCUT2D eigenvalue weighted by Gasteiger charge is 2.23. The third kappa shape index (κ3) is 3.10. The van der Waals surface area contributed by atoms with Gasteiger partial charge in [0.1, 0.15) is 0 Å². The normalized spacial score (nSPS) is 20.7. The minimum Gasteiger partial charge on any atom is -0.230 e. The maximum atomic E-state index is 12.7. The predicted molar refractivity (Wildman–Crippen MR) is 84.2 cm³/mol. The van der Waals surface area contributed by atoms with Crippen molar-refractivity contribution in [2.24, 2.45) is 5.92 Å². The average Bonchev–Trinajstić information content (AvgIpc) is 2.46. The fourth-order valence-corrected chi connectivity index (χ4v) is 4.26. The molecule has 2 aromatic rings. The quantitative estimate of drug-likeness (QED) is 0.948. The van der Waals surface area contributed by atoms with E-state index in [0.717, 1.165) is 36.7 Å². The number of nitrogens with one attached hydrogen (secondary N) is 1. The molecule has 4 nitrogen and oxygen atoms in total. The number of hydrogen-bond acceptors (Lipinski definition) is 3. The summed E-state index contributed by atoms with van der Waals surface area (Å²) in [7, 11) is -3.53. The third-order valence-electron chi connectivity index (χ3n) is 3.95. The molecule has 5 heteroatoms. The summed E-state index contributed by atoms with van der Waals surface area (Å²) in [5.74, 6) is 0.522. The Kier molecular flexibility index (Phi) is 3.97. The molecule has 3 rings (SSSR count). The molecule has 1 atom stereocenters. The van der Waals surface area contributed by atoms with Gasteiger partial charge in [-0.3, -0.25) is 0 Å². The zero-order valence-electron chi connectivity index (χ0n) is 12.1. The molecule has 1 N–H and O–H groups in total. The van der Waals surface area contributed by atoms with Gasteiger partial charge in [-0.25, -0.2) is 13.4 Å². The van der Waals surface area contributed by atoms with Crippen molar-refractivity contribution in [1.82, 2.24) is 9.84 Å². The molecular formula is C16H20N2O2S. The van der Waals surface area contributed by atoms with Crippen LogP contribution in [0.15, 0.2) is 47.4 Å². The van der Waals surface area contributed by atoms with E-state index in [1.807, 2.05) is 35.3 Å². The third-order valence-corrected chi connectivity index (χ3v) is 5.38. The molecule has 1 unspecified atom stereocenters. The van der Waals surface area contributed by atoms with Gasteiger partial charge in [0.05, 0.1) is 4.90 Å². The lowest BCUT2D eigenvalue weighted by molar-refractivity contribution is 0.159. The number of fused-ring (bicyclic) bond motifs is 1. The second-order valence-corrected chi connectivity index (χ2v) is 7.39. The number of hydrazine groups is 1. The van der Waals surface area contributed by atoms with Crippen molar-refractivity contribution < 1.29 is 8.42 Å². The Labute approximate surface area is 125 Å². The Hall–Kier alpha value is -1.43. The van der Waals surface area contributed by atoms with Crippen molar-refractivity contribution in [3.63, 3.8) is 0 Å². The van der Waals surface area contributed by atoms with Gasteiger partial charge in [-0.1, -0.05) is 43.3 Å². The number of benzene rings is 2. The van der Waals surface area contributed by atoms with Gasteiger partial charge >= 0.3 is 0 Å². The second kappa shape index (κ2) is 5.75. The van der Waals surface area contributed by atoms with Crippen molar-refractivity contribution >= 4 is 20.8 Å². The van der Waals surface area contributed by atoms with E-state index in [4.69, 9.17) is 0 Å². The van der Waals surface area contributed by atoms with E-state index in [0.29, 0.717) is 10.8 Å². The van der Waals surface area contributed by atoms with Crippen molar-refractivity contribution in [1.29, 1.82) is 0 Å². The van der Waals surface area contributed by atoms with Gasteiger partial charge < -0.3 is 0 Å². The van der Waals surface area contributed by atoms with Crippen LogP contribution in [-0.2, 0) is 10.0 Å². The fraction of sp³-hybridized carbons (Fsp3) is 0.375. The molecule has 2 aromatic carbocycles. The summed E-state index contributed by atoms with van der Waals surface area (Å²) in [5.41, 5.74) is 0. The molecule has 1 heterocycles. The van der Waals surface area contributed by atoms with Crippen LogP contribution in [0.25, 0.3) is 10.8 Å². The van der Waals surface area contributed by atoms with E-state index in [1.165, 1.54) is 0 Å². The van der Waals surface area contributed by atoms with Gasteiger partial charge in [-0.05, 0) is 30.2 Å². The van der Waals surface area contributed by atoms with E-state index < -0.39 is 10.0 Å². The predicted octanol–water partition coefficient (Wildman–Crippen LogP) is 2.77. The first-order valence-electron chi connectivity index (χ1n) is 7.31. The van der Waals surface area contributed by atoms with Crippen LogP contribution in [0.1, 0.15) is 19.8 Å². The van der Waals surface area contributed by atoms with Crippen LogP contribution in [-0.4, -0.2) is 26.5 Å². The first kappa shape index (κ1) is 14.5. The largest absolute Gasteiger partial charge is 0.254 e. The summed E-state index contributed by atoms with van der Waals surface area (Å²) in [6.45, 7) is 3.69. The molecule has 1 fully saturated rings. The van der Waals surface area contributed by atoms with Gasteiger partial charge in [0.15, 0.2) is 0 Å². The number of sulfonamides is 1. The van der Waals surface area contributed by atoms with E-state index >= 15 is 0 Å². The van der Waals surface area contributed by atoms with Crippen LogP contribution in [0.3, 0.4) is 0 Å². The van der Waals surface area contributed by atoms with Gasteiger partial charge in [0.25, 0.3) is 10.0 Å². The molecule has 0 saturated carbocycles. The average molecular weight is 304 g/mol. The van der Waals surface area contributed by atoms with Crippen LogP contribution < -0.4 is 4.83 Å². The maximum absolute atomic E-state index is 12.7. The molecule has 1 aliphatic heterocycles. The molecule has 1 aliphatic rings. The van der Waals surface area contributed by atoms with Crippen LogP contribution >= 0.6 is 0 Å². The van der Waals surface area contributed by atoms with Crippen molar-refractivity contribution in [3.8, 4) is 0 Å². The van der Waals surface area contributed by atoms with Crippen LogP contribution in [0.5, 0.6) is 0 Å². The lowest BCUT2D eigenvalue weighted by Gasteiger charge is -2.30. The van der Waals surface area contributed by atoms with E-state index in [2.05, 4.69) is 11.8 Å². The highest BCUT2D eigenvalue weighted by Crippen LogP contribution is 2.23. The van der Waals surface area contributed by atoms with Gasteiger partial charge in [-0.2, -0.15) is 0 Å². The number of rotatable bonds is 3. The number of nitrogens with zero attached hydrogens (tertiary/aromatic N) is 1. The molecule has 1 saturated heterocycles. The zero-order valence-corrected chi connectivity index (χ0v) is 12.9. The van der Waals surface area contributed by atoms with E-state index in [9.17, 15) is 8.42 Å². The fourth-order valence-electron chi connectivity index (χ4n) is 2.92. The Morgan fingerprint density at radius 2 is 1.90 bits per heavy atom. The SMILES string of the molecule is CC1CCCN(NS(=O)(=O)c2cccc3ccccc23)C1. The first-order chi connectivity index (χ1) is 10.1. The van der Waals surface area contributed by atoms with Crippen LogP contribution in [0, 0.1) is 5.92 Å². The highest BCUT2D eigenvalue weighted by atomic mass is 32.2. The minimum atomic E-state index is -3.53. The van der Waals surface area contributed by atoms with E-state index in [1.54, 1.807) is 12.1 Å². The molecule has 112 valence electrons. The van der Waals surface area contributed by atoms with Gasteiger partial charge in [0.2, 0.25) is 0 Å². The first-order valence-corrected chi connectivity index (χ1v) is 8.80. The number of hydrogen-bond donors (Lipinski definition) is 1. The van der Waals surface area contributed by atoms with Crippen molar-refractivity contribution in [2.75, 3.05) is 13.1 Å². The van der Waals surface area contributed by atoms with Crippen molar-refractivity contribution in [2.45, 2.75) is 24.7 Å². The molecule has 0 amide bonds. The molecular weight excluding hydrogens is 284 g/mol. The smallest absolute Gasteiger partial charge is 0.230 e. The molecule has 0 radical (unpaired) electrons. The lowest BCUT2D eigenvalue weighted by atomic mass is 10.0. The monoisotopic (exact) mass is 304 g/mol. The standard InChI is InChI=1S/C16H20N2O2S/c1-13-6-5-11-18(12-13)17-21(19,20)16-10-4-8-14-7-2-3-9-15(14)16/h2-4,7-10,13,17H,5-6,11-12H2,1H3. The summed E-state index contributed by atoms with van der Waals surface area (Å²) in [6, 6.07) is 12.9. The topological polar surface area (TPSA) is 49.4 Å². The van der Waals surface area contributed by atoms with Gasteiger partial charge in [0, 0.05) is 18.5 Å². The Balaban J connectivity index is 1.93. The Morgan fingerprint density at radius 1 is 1.14 bits per heavy atom. The summed E-state index contributed by atoms with van der Waals surface area (Å²) < 4.78 is 25.3. The number of piperidine rings is 1. The molecule has 0 spiro atoms. The summed E-state index contributed by atoms with van der Waals surface area (Å²) in [6.07, 6.45) is 2.19. The highest BCUT2D eigenvalue weighted by molar-refractivity contribution is 7.89. The maximum Gasteiger partial charge on any atom is 0.254 e. The van der Waals surface area contributed by atoms with Crippen LogP contribution in [0.4, 0.5) is 0 Å². The zero-order chi connectivity index (χ0) is 14.9.